The molecule has 0 aliphatic heterocycles. The lowest BCUT2D eigenvalue weighted by molar-refractivity contribution is 0.106. The first kappa shape index (κ1) is 17.6. The molecule has 0 fully saturated rings. The van der Waals surface area contributed by atoms with Gasteiger partial charge in [0.2, 0.25) is 0 Å². The number of unbranched alkanes of at least 4 members (excludes halogenated alkanes) is 1. The molecule has 0 amide bonds. The third kappa shape index (κ3) is 7.39. The molecule has 114 valence electrons. The summed E-state index contributed by atoms with van der Waals surface area (Å²) < 4.78 is 5.55. The molecule has 0 saturated heterocycles. The van der Waals surface area contributed by atoms with Gasteiger partial charge in [-0.1, -0.05) is 11.6 Å². The molecule has 1 unspecified atom stereocenters. The van der Waals surface area contributed by atoms with Gasteiger partial charge in [-0.05, 0) is 62.1 Å². The van der Waals surface area contributed by atoms with Crippen molar-refractivity contribution in [3.05, 3.63) is 28.8 Å². The van der Waals surface area contributed by atoms with Gasteiger partial charge in [0.05, 0.1) is 0 Å². The van der Waals surface area contributed by atoms with Crippen LogP contribution in [0, 0.1) is 6.92 Å². The number of aliphatic hydroxyl groups is 1. The number of benzene rings is 1. The van der Waals surface area contributed by atoms with E-state index in [2.05, 4.69) is 11.6 Å². The fourth-order valence-electron chi connectivity index (χ4n) is 1.72. The topological polar surface area (TPSA) is 41.5 Å². The van der Waals surface area contributed by atoms with E-state index in [-0.39, 0.29) is 0 Å². The molecule has 2 N–H and O–H groups in total. The Morgan fingerprint density at radius 2 is 2.20 bits per heavy atom. The average molecular weight is 318 g/mol. The molecule has 3 nitrogen and oxygen atoms in total. The highest BCUT2D eigenvalue weighted by atomic mass is 35.5. The van der Waals surface area contributed by atoms with Crippen LogP contribution >= 0.6 is 23.4 Å². The largest absolute Gasteiger partial charge is 0.491 e. The molecule has 0 radical (unpaired) electrons. The second-order valence-electron chi connectivity index (χ2n) is 4.78. The van der Waals surface area contributed by atoms with Gasteiger partial charge in [0.1, 0.15) is 18.5 Å². The number of nitrogens with one attached hydrogen (secondary N) is 1. The number of hydrogen-bond donors (Lipinski definition) is 2. The first-order valence-electron chi connectivity index (χ1n) is 6.90. The van der Waals surface area contributed by atoms with Crippen LogP contribution in [0.3, 0.4) is 0 Å². The molecule has 1 aromatic carbocycles. The Kier molecular flexibility index (Phi) is 9.10. The van der Waals surface area contributed by atoms with Crippen molar-refractivity contribution in [3.63, 3.8) is 0 Å². The zero-order valence-corrected chi connectivity index (χ0v) is 13.8. The van der Waals surface area contributed by atoms with Crippen LogP contribution in [0.4, 0.5) is 0 Å². The van der Waals surface area contributed by atoms with Gasteiger partial charge < -0.3 is 15.2 Å². The minimum atomic E-state index is -0.494. The monoisotopic (exact) mass is 317 g/mol. The van der Waals surface area contributed by atoms with Gasteiger partial charge in [-0.25, -0.2) is 0 Å². The van der Waals surface area contributed by atoms with E-state index in [4.69, 9.17) is 16.3 Å². The Morgan fingerprint density at radius 1 is 1.40 bits per heavy atom. The lowest BCUT2D eigenvalue weighted by Crippen LogP contribution is -2.32. The molecule has 0 aliphatic rings. The van der Waals surface area contributed by atoms with Gasteiger partial charge in [-0.15, -0.1) is 0 Å². The maximum Gasteiger partial charge on any atom is 0.119 e. The molecular formula is C15H24ClNO2S. The Labute approximate surface area is 131 Å². The van der Waals surface area contributed by atoms with Crippen LogP contribution in [0.15, 0.2) is 18.2 Å². The zero-order chi connectivity index (χ0) is 14.8. The van der Waals surface area contributed by atoms with E-state index in [0.717, 1.165) is 29.3 Å². The SMILES string of the molecule is CSCCCCNCC(O)COc1ccc(Cl)c(C)c1. The summed E-state index contributed by atoms with van der Waals surface area (Å²) in [7, 11) is 0. The molecule has 1 rings (SSSR count). The van der Waals surface area contributed by atoms with E-state index in [1.165, 1.54) is 12.2 Å². The molecule has 5 heteroatoms. The lowest BCUT2D eigenvalue weighted by atomic mass is 10.2. The van der Waals surface area contributed by atoms with Crippen molar-refractivity contribution < 1.29 is 9.84 Å². The van der Waals surface area contributed by atoms with Crippen LogP contribution in [0.1, 0.15) is 18.4 Å². The minimum absolute atomic E-state index is 0.291. The fourth-order valence-corrected chi connectivity index (χ4v) is 2.33. The van der Waals surface area contributed by atoms with E-state index in [1.54, 1.807) is 0 Å². The molecule has 1 atom stereocenters. The normalized spacial score (nSPS) is 12.4. The van der Waals surface area contributed by atoms with Crippen molar-refractivity contribution in [3.8, 4) is 5.75 Å². The van der Waals surface area contributed by atoms with Crippen LogP contribution in [0.5, 0.6) is 5.75 Å². The summed E-state index contributed by atoms with van der Waals surface area (Å²) in [6.45, 7) is 3.73. The molecule has 1 aromatic rings. The predicted octanol–water partition coefficient (Wildman–Crippen LogP) is 3.12. The number of halogens is 1. The van der Waals surface area contributed by atoms with Crippen molar-refractivity contribution in [1.29, 1.82) is 0 Å². The van der Waals surface area contributed by atoms with Gasteiger partial charge in [-0.3, -0.25) is 0 Å². The second kappa shape index (κ2) is 10.3. The standard InChI is InChI=1S/C15H24ClNO2S/c1-12-9-14(5-6-15(12)16)19-11-13(18)10-17-7-3-4-8-20-2/h5-6,9,13,17-18H,3-4,7-8,10-11H2,1-2H3. The third-order valence-electron chi connectivity index (χ3n) is 2.90. The van der Waals surface area contributed by atoms with Crippen LogP contribution in [-0.4, -0.2) is 42.9 Å². The fraction of sp³-hybridized carbons (Fsp3) is 0.600. The number of rotatable bonds is 10. The quantitative estimate of drug-likeness (QED) is 0.651. The smallest absolute Gasteiger partial charge is 0.119 e. The number of aliphatic hydroxyl groups excluding tert-OH is 1. The van der Waals surface area contributed by atoms with E-state index in [9.17, 15) is 5.11 Å². The number of aryl methyl sites for hydroxylation is 1. The number of hydrogen-bond acceptors (Lipinski definition) is 4. The maximum atomic E-state index is 9.82. The van der Waals surface area contributed by atoms with Gasteiger partial charge in [0, 0.05) is 11.6 Å². The Bertz CT molecular complexity index is 390. The molecule has 0 aromatic heterocycles. The summed E-state index contributed by atoms with van der Waals surface area (Å²) in [5.74, 6) is 1.94. The molecule has 0 saturated carbocycles. The van der Waals surface area contributed by atoms with Crippen molar-refractivity contribution >= 4 is 23.4 Å². The zero-order valence-electron chi connectivity index (χ0n) is 12.2. The van der Waals surface area contributed by atoms with Gasteiger partial charge in [-0.2, -0.15) is 11.8 Å². The van der Waals surface area contributed by atoms with Gasteiger partial charge in [0.25, 0.3) is 0 Å². The van der Waals surface area contributed by atoms with Crippen molar-refractivity contribution in [2.24, 2.45) is 0 Å². The predicted molar refractivity (Wildman–Crippen MR) is 88.2 cm³/mol. The number of thioether (sulfide) groups is 1. The van der Waals surface area contributed by atoms with Crippen LogP contribution < -0.4 is 10.1 Å². The summed E-state index contributed by atoms with van der Waals surface area (Å²) >= 11 is 7.81. The first-order valence-corrected chi connectivity index (χ1v) is 8.67. The highest BCUT2D eigenvalue weighted by Gasteiger charge is 2.05. The van der Waals surface area contributed by atoms with Crippen LogP contribution in [0.2, 0.25) is 5.02 Å². The Hall–Kier alpha value is -0.420. The first-order chi connectivity index (χ1) is 9.63. The molecule has 0 heterocycles. The summed E-state index contributed by atoms with van der Waals surface area (Å²) in [6, 6.07) is 5.51. The highest BCUT2D eigenvalue weighted by Crippen LogP contribution is 2.21. The summed E-state index contributed by atoms with van der Waals surface area (Å²) in [4.78, 5) is 0. The Balaban J connectivity index is 2.13. The molecular weight excluding hydrogens is 294 g/mol. The average Bonchev–Trinajstić information content (AvgIpc) is 2.44. The highest BCUT2D eigenvalue weighted by molar-refractivity contribution is 7.98. The molecule has 0 aliphatic carbocycles. The van der Waals surface area contributed by atoms with Gasteiger partial charge >= 0.3 is 0 Å². The molecule has 0 spiro atoms. The van der Waals surface area contributed by atoms with Crippen LogP contribution in [-0.2, 0) is 0 Å². The molecule has 20 heavy (non-hydrogen) atoms. The van der Waals surface area contributed by atoms with Crippen molar-refractivity contribution in [2.45, 2.75) is 25.9 Å². The van der Waals surface area contributed by atoms with Crippen LogP contribution in [0.25, 0.3) is 0 Å². The minimum Gasteiger partial charge on any atom is -0.491 e. The van der Waals surface area contributed by atoms with E-state index >= 15 is 0 Å². The number of ether oxygens (including phenoxy) is 1. The van der Waals surface area contributed by atoms with Gasteiger partial charge in [0.15, 0.2) is 0 Å². The summed E-state index contributed by atoms with van der Waals surface area (Å²) in [5, 5.41) is 13.8. The second-order valence-corrected chi connectivity index (χ2v) is 6.17. The van der Waals surface area contributed by atoms with E-state index < -0.39 is 6.10 Å². The molecule has 0 bridgehead atoms. The van der Waals surface area contributed by atoms with E-state index in [1.807, 2.05) is 36.9 Å². The maximum absolute atomic E-state index is 9.82. The summed E-state index contributed by atoms with van der Waals surface area (Å²) in [5.41, 5.74) is 0.977. The van der Waals surface area contributed by atoms with E-state index in [0.29, 0.717) is 13.2 Å². The lowest BCUT2D eigenvalue weighted by Gasteiger charge is -2.13. The van der Waals surface area contributed by atoms with Crippen molar-refractivity contribution in [2.75, 3.05) is 31.7 Å². The third-order valence-corrected chi connectivity index (χ3v) is 4.02. The Morgan fingerprint density at radius 3 is 2.90 bits per heavy atom. The summed E-state index contributed by atoms with van der Waals surface area (Å²) in [6.07, 6.45) is 3.98. The van der Waals surface area contributed by atoms with Crippen molar-refractivity contribution in [1.82, 2.24) is 5.32 Å².